The van der Waals surface area contributed by atoms with E-state index in [9.17, 15) is 9.90 Å². The lowest BCUT2D eigenvalue weighted by Crippen LogP contribution is -2.38. The number of ether oxygens (including phenoxy) is 1. The van der Waals surface area contributed by atoms with Crippen molar-refractivity contribution in [3.05, 3.63) is 53.6 Å². The van der Waals surface area contributed by atoms with E-state index in [0.717, 1.165) is 36.9 Å². The van der Waals surface area contributed by atoms with Gasteiger partial charge in [-0.1, -0.05) is 45.9 Å². The second-order valence-corrected chi connectivity index (χ2v) is 11.3. The minimum atomic E-state index is -0.290. The summed E-state index contributed by atoms with van der Waals surface area (Å²) in [5, 5.41) is 10.9. The highest BCUT2D eigenvalue weighted by Gasteiger charge is 2.34. The number of esters is 1. The average molecular weight is 484 g/mol. The molecule has 0 saturated heterocycles. The normalized spacial score (nSPS) is 22.2. The predicted octanol–water partition coefficient (Wildman–Crippen LogP) is 7.73. The van der Waals surface area contributed by atoms with Crippen LogP contribution >= 0.6 is 0 Å². The van der Waals surface area contributed by atoms with E-state index in [2.05, 4.69) is 59.9 Å². The van der Waals surface area contributed by atoms with Crippen molar-refractivity contribution in [2.24, 2.45) is 17.8 Å². The highest BCUT2D eigenvalue weighted by molar-refractivity contribution is 5.90. The quantitative estimate of drug-likeness (QED) is 0.258. The first kappa shape index (κ1) is 29.2. The lowest BCUT2D eigenvalue weighted by molar-refractivity contribution is -0.0174. The Hall–Kier alpha value is -2.07. The molecule has 4 atom stereocenters. The van der Waals surface area contributed by atoms with E-state index in [1.54, 1.807) is 12.1 Å². The van der Waals surface area contributed by atoms with Gasteiger partial charge in [-0.2, -0.15) is 0 Å². The molecule has 1 aliphatic carbocycles. The summed E-state index contributed by atoms with van der Waals surface area (Å²) in [5.74, 6) is 1.31. The zero-order valence-corrected chi connectivity index (χ0v) is 23.4. The predicted molar refractivity (Wildman–Crippen MR) is 147 cm³/mol. The van der Waals surface area contributed by atoms with Gasteiger partial charge in [0.05, 0.1) is 5.56 Å². The maximum Gasteiger partial charge on any atom is 0.338 e. The number of carbonyl (C=O) groups is 1. The Morgan fingerprint density at radius 2 is 1.83 bits per heavy atom. The molecule has 4 heteroatoms. The molecule has 0 bridgehead atoms. The third-order valence-electron chi connectivity index (χ3n) is 7.83. The van der Waals surface area contributed by atoms with E-state index in [1.807, 2.05) is 25.1 Å². The Labute approximate surface area is 214 Å². The molecule has 0 amide bonds. The van der Waals surface area contributed by atoms with Crippen LogP contribution in [0, 0.1) is 17.8 Å². The molecular weight excluding hydrogens is 434 g/mol. The molecule has 1 aliphatic rings. The summed E-state index contributed by atoms with van der Waals surface area (Å²) >= 11 is 0. The summed E-state index contributed by atoms with van der Waals surface area (Å²) in [4.78, 5) is 15.7. The molecule has 0 heterocycles. The van der Waals surface area contributed by atoms with Crippen molar-refractivity contribution in [2.75, 3.05) is 6.54 Å². The fourth-order valence-corrected chi connectivity index (χ4v) is 5.77. The molecule has 2 rings (SSSR count). The van der Waals surface area contributed by atoms with Crippen molar-refractivity contribution >= 4 is 5.97 Å². The molecule has 1 aromatic carbocycles. The Morgan fingerprint density at radius 3 is 2.37 bits per heavy atom. The molecule has 35 heavy (non-hydrogen) atoms. The van der Waals surface area contributed by atoms with Crippen LogP contribution < -0.4 is 0 Å². The largest absolute Gasteiger partial charge is 0.508 e. The lowest BCUT2D eigenvalue weighted by Gasteiger charge is -2.36. The van der Waals surface area contributed by atoms with Gasteiger partial charge in [-0.15, -0.1) is 0 Å². The first-order valence-electron chi connectivity index (χ1n) is 13.6. The molecule has 0 radical (unpaired) electrons. The summed E-state index contributed by atoms with van der Waals surface area (Å²) in [7, 11) is 0. The third kappa shape index (κ3) is 7.70. The molecule has 4 unspecified atom stereocenters. The zero-order chi connectivity index (χ0) is 26.3. The van der Waals surface area contributed by atoms with Gasteiger partial charge < -0.3 is 9.84 Å². The lowest BCUT2D eigenvalue weighted by atomic mass is 9.75. The Balaban J connectivity index is 2.33. The molecule has 1 N–H and O–H groups in total. The number of hydrogen-bond donors (Lipinski definition) is 1. The van der Waals surface area contributed by atoms with Crippen LogP contribution in [-0.4, -0.2) is 40.7 Å². The number of phenolic OH excluding ortho intramolecular Hbond substituents is 1. The Morgan fingerprint density at radius 1 is 1.17 bits per heavy atom. The molecular formula is C31H49NO3. The topological polar surface area (TPSA) is 49.8 Å². The molecule has 4 nitrogen and oxygen atoms in total. The maximum atomic E-state index is 13.3. The summed E-state index contributed by atoms with van der Waals surface area (Å²) in [6, 6.07) is 6.01. The van der Waals surface area contributed by atoms with Crippen LogP contribution in [0.1, 0.15) is 103 Å². The fraction of sp³-hybridized carbons (Fsp3) is 0.645. The number of carbonyl (C=O) groups excluding carboxylic acids is 1. The van der Waals surface area contributed by atoms with E-state index < -0.39 is 0 Å². The van der Waals surface area contributed by atoms with Crippen molar-refractivity contribution in [3.63, 3.8) is 0 Å². The van der Waals surface area contributed by atoms with Gasteiger partial charge in [-0.05, 0) is 102 Å². The van der Waals surface area contributed by atoms with Gasteiger partial charge in [-0.3, -0.25) is 4.90 Å². The van der Waals surface area contributed by atoms with E-state index in [1.165, 1.54) is 6.42 Å². The van der Waals surface area contributed by atoms with Crippen LogP contribution in [-0.2, 0) is 4.74 Å². The second kappa shape index (κ2) is 13.3. The minimum absolute atomic E-state index is 0.0517. The van der Waals surface area contributed by atoms with Gasteiger partial charge in [0.25, 0.3) is 0 Å². The van der Waals surface area contributed by atoms with Gasteiger partial charge in [0.15, 0.2) is 0 Å². The summed E-state index contributed by atoms with van der Waals surface area (Å²) < 4.78 is 6.11. The van der Waals surface area contributed by atoms with Gasteiger partial charge in [-0.25, -0.2) is 4.79 Å². The standard InChI is InChI=1S/C31H49NO3/c1-10-24(11-2)27(16-17-32(21(5)6)22(7)8)28-19-25(13-15-29(28)33)31(34)35-30-18-23(9)12-14-26(30)20(3)4/h10-11,13,15,19-23,26-27,30,33H,1,12,14,16-18H2,2-9H3. The van der Waals surface area contributed by atoms with Gasteiger partial charge >= 0.3 is 5.97 Å². The second-order valence-electron chi connectivity index (χ2n) is 11.3. The van der Waals surface area contributed by atoms with Crippen molar-refractivity contribution in [1.29, 1.82) is 0 Å². The first-order valence-corrected chi connectivity index (χ1v) is 13.6. The van der Waals surface area contributed by atoms with Gasteiger partial charge in [0.1, 0.15) is 11.9 Å². The molecule has 1 aromatic rings. The molecule has 1 fully saturated rings. The van der Waals surface area contributed by atoms with Crippen LogP contribution in [0.25, 0.3) is 0 Å². The fourth-order valence-electron chi connectivity index (χ4n) is 5.77. The minimum Gasteiger partial charge on any atom is -0.508 e. The van der Waals surface area contributed by atoms with Crippen LogP contribution in [0.4, 0.5) is 0 Å². The number of allylic oxidation sites excluding steroid dienone is 3. The van der Waals surface area contributed by atoms with Gasteiger partial charge in [0.2, 0.25) is 0 Å². The zero-order valence-electron chi connectivity index (χ0n) is 23.4. The molecule has 1 saturated carbocycles. The third-order valence-corrected chi connectivity index (χ3v) is 7.83. The maximum absolute atomic E-state index is 13.3. The first-order chi connectivity index (χ1) is 16.5. The van der Waals surface area contributed by atoms with Crippen molar-refractivity contribution in [1.82, 2.24) is 4.90 Å². The highest BCUT2D eigenvalue weighted by atomic mass is 16.5. The average Bonchev–Trinajstić information content (AvgIpc) is 2.78. The van der Waals surface area contributed by atoms with E-state index in [-0.39, 0.29) is 23.7 Å². The number of aromatic hydroxyl groups is 1. The van der Waals surface area contributed by atoms with Crippen molar-refractivity contribution in [3.8, 4) is 5.75 Å². The smallest absolute Gasteiger partial charge is 0.338 e. The van der Waals surface area contributed by atoms with Crippen molar-refractivity contribution in [2.45, 2.75) is 105 Å². The van der Waals surface area contributed by atoms with Crippen LogP contribution in [0.2, 0.25) is 0 Å². The summed E-state index contributed by atoms with van der Waals surface area (Å²) in [5.41, 5.74) is 2.32. The molecule has 196 valence electrons. The Kier molecular flexibility index (Phi) is 11.1. The molecule has 0 spiro atoms. The van der Waals surface area contributed by atoms with E-state index >= 15 is 0 Å². The monoisotopic (exact) mass is 483 g/mol. The number of phenols is 1. The SMILES string of the molecule is C=CC(=CC)C(CCN(C(C)C)C(C)C)c1cc(C(=O)OC2CC(C)CCC2C(C)C)ccc1O. The highest BCUT2D eigenvalue weighted by Crippen LogP contribution is 2.38. The molecule has 0 aromatic heterocycles. The van der Waals surface area contributed by atoms with E-state index in [0.29, 0.717) is 35.4 Å². The summed E-state index contributed by atoms with van der Waals surface area (Å²) in [6.07, 6.45) is 7.90. The number of benzene rings is 1. The number of hydrogen-bond acceptors (Lipinski definition) is 4. The number of rotatable bonds is 11. The summed E-state index contributed by atoms with van der Waals surface area (Å²) in [6.45, 7) is 22.4. The van der Waals surface area contributed by atoms with Crippen LogP contribution in [0.5, 0.6) is 5.75 Å². The van der Waals surface area contributed by atoms with Crippen LogP contribution in [0.15, 0.2) is 42.5 Å². The van der Waals surface area contributed by atoms with Gasteiger partial charge in [0, 0.05) is 23.6 Å². The van der Waals surface area contributed by atoms with E-state index in [4.69, 9.17) is 4.74 Å². The number of nitrogens with zero attached hydrogens (tertiary/aromatic N) is 1. The molecule has 0 aliphatic heterocycles. The Bertz CT molecular complexity index is 862. The van der Waals surface area contributed by atoms with Crippen LogP contribution in [0.3, 0.4) is 0 Å². The van der Waals surface area contributed by atoms with Crippen molar-refractivity contribution < 1.29 is 14.6 Å².